The molecule has 0 amide bonds. The van der Waals surface area contributed by atoms with Crippen LogP contribution in [0.1, 0.15) is 0 Å². The van der Waals surface area contributed by atoms with Crippen molar-refractivity contribution in [3.05, 3.63) is 6.67 Å². The molecule has 67 valence electrons. The highest BCUT2D eigenvalue weighted by Gasteiger charge is 2.63. The molecule has 0 aromatic carbocycles. The van der Waals surface area contributed by atoms with E-state index in [9.17, 15) is 30.7 Å². The van der Waals surface area contributed by atoms with Gasteiger partial charge in [0.2, 0.25) is 6.67 Å². The summed E-state index contributed by atoms with van der Waals surface area (Å²) in [4.78, 5) is 0. The molecule has 0 saturated carbocycles. The van der Waals surface area contributed by atoms with Crippen LogP contribution < -0.4 is 0 Å². The molecule has 0 nitrogen and oxygen atoms in total. The summed E-state index contributed by atoms with van der Waals surface area (Å²) in [5.74, 6) is -11.1. The SMILES string of the molecule is F[CH]C(F)(F)C(F)(F)C(F)F. The summed E-state index contributed by atoms with van der Waals surface area (Å²) in [7, 11) is 0. The zero-order valence-corrected chi connectivity index (χ0v) is 4.80. The Bertz CT molecular complexity index is 128. The van der Waals surface area contributed by atoms with E-state index in [1.54, 1.807) is 0 Å². The number of rotatable bonds is 3. The number of alkyl halides is 6. The molecular weight excluding hydrogens is 181 g/mol. The van der Waals surface area contributed by atoms with Crippen LogP contribution in [0, 0.1) is 6.67 Å². The van der Waals surface area contributed by atoms with Crippen LogP contribution in [0.5, 0.6) is 0 Å². The third-order valence-corrected chi connectivity index (χ3v) is 0.856. The van der Waals surface area contributed by atoms with Crippen LogP contribution in [0.3, 0.4) is 0 Å². The lowest BCUT2D eigenvalue weighted by molar-refractivity contribution is -0.255. The number of halogens is 7. The molecule has 0 saturated heterocycles. The Morgan fingerprint density at radius 3 is 1.45 bits per heavy atom. The van der Waals surface area contributed by atoms with E-state index in [1.807, 2.05) is 0 Å². The van der Waals surface area contributed by atoms with Gasteiger partial charge < -0.3 is 0 Å². The molecule has 0 unspecified atom stereocenters. The van der Waals surface area contributed by atoms with Crippen LogP contribution >= 0.6 is 0 Å². The van der Waals surface area contributed by atoms with E-state index in [1.165, 1.54) is 0 Å². The Hall–Kier alpha value is -0.490. The molecule has 11 heavy (non-hydrogen) atoms. The van der Waals surface area contributed by atoms with Crippen LogP contribution in [-0.2, 0) is 0 Å². The quantitative estimate of drug-likeness (QED) is 0.590. The maximum Gasteiger partial charge on any atom is 0.372 e. The van der Waals surface area contributed by atoms with Crippen LogP contribution in [0.2, 0.25) is 0 Å². The van der Waals surface area contributed by atoms with E-state index < -0.39 is 24.9 Å². The Labute approximate surface area is 57.0 Å². The second-order valence-corrected chi connectivity index (χ2v) is 1.66. The van der Waals surface area contributed by atoms with Gasteiger partial charge in [-0.3, -0.25) is 0 Å². The van der Waals surface area contributed by atoms with Gasteiger partial charge in [0.05, 0.1) is 0 Å². The standard InChI is InChI=1S/C4H2F7/c5-1-3(8,9)4(10,11)2(6)7/h1-2H. The summed E-state index contributed by atoms with van der Waals surface area (Å²) in [6.45, 7) is -1.75. The largest absolute Gasteiger partial charge is 0.372 e. The third-order valence-electron chi connectivity index (χ3n) is 0.856. The van der Waals surface area contributed by atoms with Crippen molar-refractivity contribution in [2.24, 2.45) is 0 Å². The normalized spacial score (nSPS) is 14.2. The zero-order valence-electron chi connectivity index (χ0n) is 4.80. The van der Waals surface area contributed by atoms with Crippen molar-refractivity contribution in [2.45, 2.75) is 18.3 Å². The van der Waals surface area contributed by atoms with Crippen molar-refractivity contribution < 1.29 is 30.7 Å². The Morgan fingerprint density at radius 1 is 1.00 bits per heavy atom. The third kappa shape index (κ3) is 1.75. The molecule has 0 aliphatic carbocycles. The minimum absolute atomic E-state index is 1.75. The highest BCUT2D eigenvalue weighted by Crippen LogP contribution is 2.40. The first-order valence-corrected chi connectivity index (χ1v) is 2.24. The fourth-order valence-electron chi connectivity index (χ4n) is 0.218. The predicted octanol–water partition coefficient (Wildman–Crippen LogP) is 2.65. The molecule has 0 bridgehead atoms. The topological polar surface area (TPSA) is 0 Å². The maximum atomic E-state index is 11.6. The lowest BCUT2D eigenvalue weighted by atomic mass is 10.2. The minimum atomic E-state index is -5.65. The van der Waals surface area contributed by atoms with E-state index >= 15 is 0 Å². The first-order chi connectivity index (χ1) is 4.75. The summed E-state index contributed by atoms with van der Waals surface area (Å²) in [5, 5.41) is 0. The zero-order chi connectivity index (χ0) is 9.28. The van der Waals surface area contributed by atoms with Crippen LogP contribution in [0.4, 0.5) is 30.7 Å². The fraction of sp³-hybridized carbons (Fsp3) is 0.750. The van der Waals surface area contributed by atoms with Gasteiger partial charge in [0.1, 0.15) is 0 Å². The Kier molecular flexibility index (Phi) is 2.74. The molecule has 0 aliphatic rings. The second-order valence-electron chi connectivity index (χ2n) is 1.66. The van der Waals surface area contributed by atoms with E-state index in [2.05, 4.69) is 0 Å². The van der Waals surface area contributed by atoms with Crippen LogP contribution in [0.25, 0.3) is 0 Å². The molecular formula is C4H2F7. The second kappa shape index (κ2) is 2.86. The maximum absolute atomic E-state index is 11.6. The molecule has 0 spiro atoms. The van der Waals surface area contributed by atoms with E-state index in [-0.39, 0.29) is 0 Å². The monoisotopic (exact) mass is 183 g/mol. The van der Waals surface area contributed by atoms with E-state index in [4.69, 9.17) is 0 Å². The fourth-order valence-corrected chi connectivity index (χ4v) is 0.218. The van der Waals surface area contributed by atoms with Gasteiger partial charge in [0.15, 0.2) is 0 Å². The number of hydrogen-bond donors (Lipinski definition) is 0. The first kappa shape index (κ1) is 10.5. The van der Waals surface area contributed by atoms with E-state index in [0.717, 1.165) is 0 Å². The summed E-state index contributed by atoms with van der Waals surface area (Å²) < 4.78 is 79.2. The molecule has 0 heterocycles. The summed E-state index contributed by atoms with van der Waals surface area (Å²) >= 11 is 0. The summed E-state index contributed by atoms with van der Waals surface area (Å²) in [5.41, 5.74) is 0. The summed E-state index contributed by atoms with van der Waals surface area (Å²) in [6, 6.07) is 0. The minimum Gasteiger partial charge on any atom is -0.237 e. The van der Waals surface area contributed by atoms with Crippen molar-refractivity contribution in [2.75, 3.05) is 0 Å². The van der Waals surface area contributed by atoms with Crippen molar-refractivity contribution in [1.82, 2.24) is 0 Å². The average molecular weight is 183 g/mol. The first-order valence-electron chi connectivity index (χ1n) is 2.24. The molecule has 1 radical (unpaired) electrons. The van der Waals surface area contributed by atoms with Gasteiger partial charge in [-0.2, -0.15) is 17.6 Å². The van der Waals surface area contributed by atoms with Crippen LogP contribution in [0.15, 0.2) is 0 Å². The van der Waals surface area contributed by atoms with Crippen molar-refractivity contribution in [3.8, 4) is 0 Å². The Balaban J connectivity index is 4.53. The van der Waals surface area contributed by atoms with Gasteiger partial charge in [-0.1, -0.05) is 0 Å². The summed E-state index contributed by atoms with van der Waals surface area (Å²) in [6.07, 6.45) is -4.59. The molecule has 7 heteroatoms. The van der Waals surface area contributed by atoms with Crippen molar-refractivity contribution in [1.29, 1.82) is 0 Å². The molecule has 0 atom stereocenters. The molecule has 0 aromatic heterocycles. The van der Waals surface area contributed by atoms with Gasteiger partial charge in [0.25, 0.3) is 0 Å². The highest BCUT2D eigenvalue weighted by atomic mass is 19.3. The van der Waals surface area contributed by atoms with Crippen molar-refractivity contribution >= 4 is 0 Å². The molecule has 0 N–H and O–H groups in total. The van der Waals surface area contributed by atoms with Gasteiger partial charge in [0, 0.05) is 0 Å². The van der Waals surface area contributed by atoms with Gasteiger partial charge >= 0.3 is 18.3 Å². The smallest absolute Gasteiger partial charge is 0.237 e. The lowest BCUT2D eigenvalue weighted by Gasteiger charge is -2.22. The van der Waals surface area contributed by atoms with Gasteiger partial charge in [-0.05, 0) is 0 Å². The molecule has 0 aromatic rings. The lowest BCUT2D eigenvalue weighted by Crippen LogP contribution is -2.45. The van der Waals surface area contributed by atoms with E-state index in [0.29, 0.717) is 0 Å². The molecule has 0 rings (SSSR count). The van der Waals surface area contributed by atoms with Gasteiger partial charge in [-0.25, -0.2) is 13.2 Å². The molecule has 0 fully saturated rings. The van der Waals surface area contributed by atoms with Crippen LogP contribution in [-0.4, -0.2) is 18.3 Å². The average Bonchev–Trinajstić information content (AvgIpc) is 1.87. The van der Waals surface area contributed by atoms with Gasteiger partial charge in [-0.15, -0.1) is 0 Å². The highest BCUT2D eigenvalue weighted by molar-refractivity contribution is 4.92. The predicted molar refractivity (Wildman–Crippen MR) is 21.3 cm³/mol. The van der Waals surface area contributed by atoms with Crippen molar-refractivity contribution in [3.63, 3.8) is 0 Å². The number of hydrogen-bond acceptors (Lipinski definition) is 0. The molecule has 0 aliphatic heterocycles. The Morgan fingerprint density at radius 2 is 1.36 bits per heavy atom.